The van der Waals surface area contributed by atoms with Crippen molar-refractivity contribution in [1.29, 1.82) is 0 Å². The molecule has 0 atom stereocenters. The Labute approximate surface area is 97.1 Å². The van der Waals surface area contributed by atoms with Gasteiger partial charge in [-0.3, -0.25) is 4.79 Å². The summed E-state index contributed by atoms with van der Waals surface area (Å²) < 4.78 is 29.3. The summed E-state index contributed by atoms with van der Waals surface area (Å²) >= 11 is 0. The number of sulfonamides is 1. The molecule has 94 valence electrons. The maximum atomic E-state index is 11.7. The SMILES string of the molecule is C=CCS(=O)(=O)N(CCC)CC(=O)OCC. The van der Waals surface area contributed by atoms with E-state index in [1.165, 1.54) is 6.08 Å². The molecule has 0 aromatic rings. The Bertz CT molecular complexity index is 324. The zero-order chi connectivity index (χ0) is 12.6. The molecule has 0 rings (SSSR count). The largest absolute Gasteiger partial charge is 0.465 e. The second-order valence-corrected chi connectivity index (χ2v) is 5.22. The fraction of sp³-hybridized carbons (Fsp3) is 0.700. The lowest BCUT2D eigenvalue weighted by Gasteiger charge is -2.19. The second kappa shape index (κ2) is 7.40. The molecule has 16 heavy (non-hydrogen) atoms. The van der Waals surface area contributed by atoms with Crippen LogP contribution in [0.25, 0.3) is 0 Å². The summed E-state index contributed by atoms with van der Waals surface area (Å²) in [4.78, 5) is 11.2. The van der Waals surface area contributed by atoms with E-state index in [9.17, 15) is 13.2 Å². The monoisotopic (exact) mass is 249 g/mol. The van der Waals surface area contributed by atoms with Gasteiger partial charge in [0.25, 0.3) is 0 Å². The van der Waals surface area contributed by atoms with Gasteiger partial charge in [-0.25, -0.2) is 8.42 Å². The molecule has 0 unspecified atom stereocenters. The zero-order valence-electron chi connectivity index (χ0n) is 9.81. The van der Waals surface area contributed by atoms with Gasteiger partial charge in [0, 0.05) is 6.54 Å². The first-order valence-corrected chi connectivity index (χ1v) is 6.83. The summed E-state index contributed by atoms with van der Waals surface area (Å²) in [5.41, 5.74) is 0. The van der Waals surface area contributed by atoms with E-state index in [0.29, 0.717) is 13.0 Å². The van der Waals surface area contributed by atoms with Gasteiger partial charge in [0.05, 0.1) is 12.4 Å². The van der Waals surface area contributed by atoms with Crippen molar-refractivity contribution in [1.82, 2.24) is 4.31 Å². The molecule has 5 nitrogen and oxygen atoms in total. The Kier molecular flexibility index (Phi) is 7.00. The van der Waals surface area contributed by atoms with Crippen LogP contribution in [0.5, 0.6) is 0 Å². The Morgan fingerprint density at radius 1 is 1.44 bits per heavy atom. The highest BCUT2D eigenvalue weighted by Gasteiger charge is 2.22. The van der Waals surface area contributed by atoms with E-state index >= 15 is 0 Å². The van der Waals surface area contributed by atoms with Crippen molar-refractivity contribution in [2.75, 3.05) is 25.4 Å². The van der Waals surface area contributed by atoms with Crippen LogP contribution in [0.15, 0.2) is 12.7 Å². The molecule has 0 saturated heterocycles. The number of hydrogen-bond acceptors (Lipinski definition) is 4. The van der Waals surface area contributed by atoms with E-state index in [4.69, 9.17) is 4.74 Å². The number of esters is 1. The third-order valence-corrected chi connectivity index (χ3v) is 3.56. The van der Waals surface area contributed by atoms with E-state index < -0.39 is 16.0 Å². The van der Waals surface area contributed by atoms with E-state index in [-0.39, 0.29) is 18.9 Å². The number of nitrogens with zero attached hydrogens (tertiary/aromatic N) is 1. The highest BCUT2D eigenvalue weighted by molar-refractivity contribution is 7.89. The average molecular weight is 249 g/mol. The summed E-state index contributed by atoms with van der Waals surface area (Å²) in [6, 6.07) is 0. The number of rotatable bonds is 8. The Hall–Kier alpha value is -0.880. The van der Waals surface area contributed by atoms with Crippen LogP contribution in [0, 0.1) is 0 Å². The van der Waals surface area contributed by atoms with Gasteiger partial charge in [0.15, 0.2) is 0 Å². The summed E-state index contributed by atoms with van der Waals surface area (Å²) in [7, 11) is -3.43. The van der Waals surface area contributed by atoms with Crippen molar-refractivity contribution in [3.8, 4) is 0 Å². The van der Waals surface area contributed by atoms with Crippen molar-refractivity contribution in [2.45, 2.75) is 20.3 Å². The fourth-order valence-electron chi connectivity index (χ4n) is 1.17. The minimum Gasteiger partial charge on any atom is -0.465 e. The van der Waals surface area contributed by atoms with Crippen LogP contribution in [-0.2, 0) is 19.6 Å². The van der Waals surface area contributed by atoms with Crippen molar-refractivity contribution >= 4 is 16.0 Å². The van der Waals surface area contributed by atoms with Crippen LogP contribution in [0.3, 0.4) is 0 Å². The van der Waals surface area contributed by atoms with Gasteiger partial charge in [-0.2, -0.15) is 4.31 Å². The zero-order valence-corrected chi connectivity index (χ0v) is 10.6. The molecule has 0 aliphatic carbocycles. The molecule has 0 fully saturated rings. The molecule has 0 saturated carbocycles. The second-order valence-electron chi connectivity index (χ2n) is 3.21. The van der Waals surface area contributed by atoms with Crippen molar-refractivity contribution < 1.29 is 17.9 Å². The van der Waals surface area contributed by atoms with Gasteiger partial charge in [0.2, 0.25) is 10.0 Å². The van der Waals surface area contributed by atoms with E-state index in [1.54, 1.807) is 6.92 Å². The highest BCUT2D eigenvalue weighted by Crippen LogP contribution is 2.03. The first-order chi connectivity index (χ1) is 7.47. The third-order valence-electron chi connectivity index (χ3n) is 1.81. The predicted octanol–water partition coefficient (Wildman–Crippen LogP) is 0.777. The molecule has 0 aromatic carbocycles. The Morgan fingerprint density at radius 2 is 2.06 bits per heavy atom. The van der Waals surface area contributed by atoms with E-state index in [0.717, 1.165) is 4.31 Å². The quantitative estimate of drug-likeness (QED) is 0.471. The summed E-state index contributed by atoms with van der Waals surface area (Å²) in [6.07, 6.45) is 1.96. The van der Waals surface area contributed by atoms with Crippen LogP contribution >= 0.6 is 0 Å². The lowest BCUT2D eigenvalue weighted by Crippen LogP contribution is -2.38. The van der Waals surface area contributed by atoms with Gasteiger partial charge >= 0.3 is 5.97 Å². The number of carbonyl (C=O) groups is 1. The minimum atomic E-state index is -3.43. The number of carbonyl (C=O) groups excluding carboxylic acids is 1. The van der Waals surface area contributed by atoms with E-state index in [1.807, 2.05) is 6.92 Å². The Balaban J connectivity index is 4.60. The molecule has 0 spiro atoms. The maximum Gasteiger partial charge on any atom is 0.321 e. The normalized spacial score (nSPS) is 11.4. The van der Waals surface area contributed by atoms with Crippen LogP contribution < -0.4 is 0 Å². The first-order valence-electron chi connectivity index (χ1n) is 5.22. The molecule has 0 bridgehead atoms. The predicted molar refractivity (Wildman–Crippen MR) is 62.5 cm³/mol. The van der Waals surface area contributed by atoms with Crippen LogP contribution in [0.2, 0.25) is 0 Å². The molecular formula is C10H19NO4S. The van der Waals surface area contributed by atoms with Crippen molar-refractivity contribution in [3.05, 3.63) is 12.7 Å². The van der Waals surface area contributed by atoms with Crippen LogP contribution in [0.1, 0.15) is 20.3 Å². The minimum absolute atomic E-state index is 0.160. The topological polar surface area (TPSA) is 63.7 Å². The van der Waals surface area contributed by atoms with Gasteiger partial charge in [-0.1, -0.05) is 13.0 Å². The molecule has 0 amide bonds. The van der Waals surface area contributed by atoms with Gasteiger partial charge < -0.3 is 4.74 Å². The lowest BCUT2D eigenvalue weighted by atomic mass is 10.5. The molecule has 0 N–H and O–H groups in total. The number of hydrogen-bond donors (Lipinski definition) is 0. The molecule has 0 aliphatic heterocycles. The number of ether oxygens (including phenoxy) is 1. The smallest absolute Gasteiger partial charge is 0.321 e. The molecule has 0 aromatic heterocycles. The average Bonchev–Trinajstić information content (AvgIpc) is 2.17. The highest BCUT2D eigenvalue weighted by atomic mass is 32.2. The summed E-state index contributed by atoms with van der Waals surface area (Å²) in [5, 5.41) is 0. The third kappa shape index (κ3) is 5.27. The van der Waals surface area contributed by atoms with E-state index in [2.05, 4.69) is 6.58 Å². The fourth-order valence-corrected chi connectivity index (χ4v) is 2.44. The maximum absolute atomic E-state index is 11.7. The Morgan fingerprint density at radius 3 is 2.50 bits per heavy atom. The molecule has 0 heterocycles. The van der Waals surface area contributed by atoms with Gasteiger partial charge in [-0.05, 0) is 13.3 Å². The van der Waals surface area contributed by atoms with Crippen molar-refractivity contribution in [3.63, 3.8) is 0 Å². The van der Waals surface area contributed by atoms with Crippen LogP contribution in [0.4, 0.5) is 0 Å². The molecule has 0 radical (unpaired) electrons. The van der Waals surface area contributed by atoms with Crippen LogP contribution in [-0.4, -0.2) is 44.1 Å². The summed E-state index contributed by atoms with van der Waals surface area (Å²) in [6.45, 7) is 7.25. The lowest BCUT2D eigenvalue weighted by molar-refractivity contribution is -0.143. The standard InChI is InChI=1S/C10H19NO4S/c1-4-7-11(9-10(12)15-6-3)16(13,14)8-5-2/h5H,2,4,6-9H2,1,3H3. The first kappa shape index (κ1) is 15.1. The molecular weight excluding hydrogens is 230 g/mol. The molecule has 0 aliphatic rings. The molecule has 6 heteroatoms. The van der Waals surface area contributed by atoms with Gasteiger partial charge in [-0.15, -0.1) is 6.58 Å². The van der Waals surface area contributed by atoms with Gasteiger partial charge in [0.1, 0.15) is 6.54 Å². The summed E-state index contributed by atoms with van der Waals surface area (Å²) in [5.74, 6) is -0.685. The van der Waals surface area contributed by atoms with Crippen molar-refractivity contribution in [2.24, 2.45) is 0 Å².